The van der Waals surface area contributed by atoms with E-state index < -0.39 is 11.9 Å². The topological polar surface area (TPSA) is 46.9 Å². The number of rotatable bonds is 6. The molecule has 0 aliphatic heterocycles. The first kappa shape index (κ1) is 17.3. The van der Waals surface area contributed by atoms with Gasteiger partial charge in [0.1, 0.15) is 0 Å². The van der Waals surface area contributed by atoms with Gasteiger partial charge in [0.2, 0.25) is 5.91 Å². The van der Waals surface area contributed by atoms with Crippen molar-refractivity contribution in [1.29, 1.82) is 0 Å². The zero-order chi connectivity index (χ0) is 17.2. The third-order valence-corrected chi connectivity index (χ3v) is 4.92. The molecule has 0 radical (unpaired) electrons. The van der Waals surface area contributed by atoms with Crippen LogP contribution < -0.4 is 5.32 Å². The first-order valence-electron chi connectivity index (χ1n) is 8.88. The van der Waals surface area contributed by atoms with Crippen molar-refractivity contribution in [1.82, 2.24) is 15.1 Å². The highest BCUT2D eigenvalue weighted by molar-refractivity contribution is 5.78. The van der Waals surface area contributed by atoms with Gasteiger partial charge in [0.05, 0.1) is 0 Å². The summed E-state index contributed by atoms with van der Waals surface area (Å²) in [6, 6.07) is 1.18. The fourth-order valence-corrected chi connectivity index (χ4v) is 3.41. The number of aryl methyl sites for hydroxylation is 1. The fraction of sp³-hybridized carbons (Fsp3) is 0.765. The summed E-state index contributed by atoms with van der Waals surface area (Å²) in [7, 11) is 0. The van der Waals surface area contributed by atoms with Crippen LogP contribution in [-0.4, -0.2) is 22.2 Å². The number of carbonyl (C=O) groups excluding carboxylic acids is 1. The molecule has 0 aromatic carbocycles. The van der Waals surface area contributed by atoms with Crippen LogP contribution in [0.15, 0.2) is 6.07 Å². The highest BCUT2D eigenvalue weighted by atomic mass is 19.4. The summed E-state index contributed by atoms with van der Waals surface area (Å²) in [5.74, 6) is 0.418. The van der Waals surface area contributed by atoms with Gasteiger partial charge in [-0.25, -0.2) is 0 Å². The van der Waals surface area contributed by atoms with Gasteiger partial charge < -0.3 is 5.32 Å². The Kier molecular flexibility index (Phi) is 5.15. The lowest BCUT2D eigenvalue weighted by Crippen LogP contribution is -2.33. The molecule has 2 aliphatic rings. The molecule has 1 N–H and O–H groups in total. The minimum absolute atomic E-state index is 0.0913. The van der Waals surface area contributed by atoms with Gasteiger partial charge in [-0.15, -0.1) is 0 Å². The number of aromatic nitrogens is 2. The Morgan fingerprint density at radius 3 is 2.54 bits per heavy atom. The first-order valence-corrected chi connectivity index (χ1v) is 8.88. The minimum atomic E-state index is -4.40. The lowest BCUT2D eigenvalue weighted by molar-refractivity contribution is -0.141. The second-order valence-corrected chi connectivity index (χ2v) is 6.93. The van der Waals surface area contributed by atoms with Crippen LogP contribution in [0.3, 0.4) is 0 Å². The maximum Gasteiger partial charge on any atom is 0.435 e. The summed E-state index contributed by atoms with van der Waals surface area (Å²) >= 11 is 0. The van der Waals surface area contributed by atoms with E-state index in [0.29, 0.717) is 25.2 Å². The highest BCUT2D eigenvalue weighted by Gasteiger charge is 2.37. The lowest BCUT2D eigenvalue weighted by atomic mass is 9.89. The van der Waals surface area contributed by atoms with E-state index in [-0.39, 0.29) is 17.7 Å². The third kappa shape index (κ3) is 4.30. The molecule has 134 valence electrons. The van der Waals surface area contributed by atoms with Crippen LogP contribution in [0.4, 0.5) is 13.2 Å². The number of amides is 1. The standard InChI is InChI=1S/C17H24F3N3O/c18-17(19,20)15-11-14(12-7-8-12)23(22-15)10-4-9-21-16(24)13-5-2-1-3-6-13/h11-13H,1-10H2,(H,21,24). The molecule has 2 fully saturated rings. The molecule has 0 saturated heterocycles. The van der Waals surface area contributed by atoms with Gasteiger partial charge in [-0.05, 0) is 38.2 Å². The van der Waals surface area contributed by atoms with Crippen molar-refractivity contribution < 1.29 is 18.0 Å². The molecule has 1 aromatic heterocycles. The van der Waals surface area contributed by atoms with Crippen LogP contribution in [0.2, 0.25) is 0 Å². The molecule has 0 spiro atoms. The van der Waals surface area contributed by atoms with Crippen LogP contribution in [-0.2, 0) is 17.5 Å². The summed E-state index contributed by atoms with van der Waals surface area (Å²) in [6.45, 7) is 0.896. The number of carbonyl (C=O) groups is 1. The number of halogens is 3. The SMILES string of the molecule is O=C(NCCCn1nc(C(F)(F)F)cc1C1CC1)C1CCCCC1. The van der Waals surface area contributed by atoms with Gasteiger partial charge in [-0.1, -0.05) is 19.3 Å². The highest BCUT2D eigenvalue weighted by Crippen LogP contribution is 2.42. The normalized spacial score (nSPS) is 19.5. The fourth-order valence-electron chi connectivity index (χ4n) is 3.41. The van der Waals surface area contributed by atoms with Gasteiger partial charge >= 0.3 is 6.18 Å². The molecule has 4 nitrogen and oxygen atoms in total. The Balaban J connectivity index is 1.49. The number of hydrogen-bond acceptors (Lipinski definition) is 2. The molecule has 2 aliphatic carbocycles. The lowest BCUT2D eigenvalue weighted by Gasteiger charge is -2.20. The molecule has 1 aromatic rings. The Labute approximate surface area is 139 Å². The number of nitrogens with one attached hydrogen (secondary N) is 1. The smallest absolute Gasteiger partial charge is 0.356 e. The van der Waals surface area contributed by atoms with E-state index in [2.05, 4.69) is 10.4 Å². The Hall–Kier alpha value is -1.53. The molecule has 2 saturated carbocycles. The molecule has 1 amide bonds. The van der Waals surface area contributed by atoms with E-state index >= 15 is 0 Å². The third-order valence-electron chi connectivity index (χ3n) is 4.92. The summed E-state index contributed by atoms with van der Waals surface area (Å²) in [5, 5.41) is 6.65. The first-order chi connectivity index (χ1) is 11.4. The molecule has 1 heterocycles. The molecular formula is C17H24F3N3O. The molecular weight excluding hydrogens is 319 g/mol. The van der Waals surface area contributed by atoms with E-state index in [0.717, 1.165) is 38.5 Å². The van der Waals surface area contributed by atoms with Gasteiger partial charge in [-0.2, -0.15) is 18.3 Å². The molecule has 3 rings (SSSR count). The second kappa shape index (κ2) is 7.15. The van der Waals surface area contributed by atoms with Crippen molar-refractivity contribution in [3.8, 4) is 0 Å². The molecule has 7 heteroatoms. The van der Waals surface area contributed by atoms with Crippen LogP contribution in [0.1, 0.15) is 68.7 Å². The van der Waals surface area contributed by atoms with Crippen molar-refractivity contribution in [2.45, 2.75) is 70.0 Å². The average Bonchev–Trinajstić information content (AvgIpc) is 3.30. The zero-order valence-corrected chi connectivity index (χ0v) is 13.7. The van der Waals surface area contributed by atoms with Crippen molar-refractivity contribution in [3.05, 3.63) is 17.5 Å². The van der Waals surface area contributed by atoms with Gasteiger partial charge in [0, 0.05) is 30.6 Å². The van der Waals surface area contributed by atoms with Crippen LogP contribution >= 0.6 is 0 Å². The Bertz CT molecular complexity index is 572. The quantitative estimate of drug-likeness (QED) is 0.797. The maximum absolute atomic E-state index is 12.8. The summed E-state index contributed by atoms with van der Waals surface area (Å²) < 4.78 is 40.0. The molecule has 0 unspecified atom stereocenters. The number of hydrogen-bond donors (Lipinski definition) is 1. The minimum Gasteiger partial charge on any atom is -0.356 e. The molecule has 24 heavy (non-hydrogen) atoms. The predicted molar refractivity (Wildman–Crippen MR) is 83.4 cm³/mol. The molecule has 0 atom stereocenters. The van der Waals surface area contributed by atoms with Crippen molar-refractivity contribution in [3.63, 3.8) is 0 Å². The summed E-state index contributed by atoms with van der Waals surface area (Å²) in [5.41, 5.74) is -0.128. The monoisotopic (exact) mass is 343 g/mol. The van der Waals surface area contributed by atoms with Crippen molar-refractivity contribution >= 4 is 5.91 Å². The Morgan fingerprint density at radius 1 is 1.21 bits per heavy atom. The zero-order valence-electron chi connectivity index (χ0n) is 13.7. The number of alkyl halides is 3. The maximum atomic E-state index is 12.8. The van der Waals surface area contributed by atoms with E-state index in [9.17, 15) is 18.0 Å². The predicted octanol–water partition coefficient (Wildman–Crippen LogP) is 3.87. The summed E-state index contributed by atoms with van der Waals surface area (Å²) in [4.78, 5) is 12.0. The van der Waals surface area contributed by atoms with Gasteiger partial charge in [0.15, 0.2) is 5.69 Å². The largest absolute Gasteiger partial charge is 0.435 e. The molecule has 0 bridgehead atoms. The van der Waals surface area contributed by atoms with Crippen molar-refractivity contribution in [2.75, 3.05) is 6.54 Å². The van der Waals surface area contributed by atoms with Crippen molar-refractivity contribution in [2.24, 2.45) is 5.92 Å². The second-order valence-electron chi connectivity index (χ2n) is 6.93. The average molecular weight is 343 g/mol. The van der Waals surface area contributed by atoms with E-state index in [1.807, 2.05) is 0 Å². The van der Waals surface area contributed by atoms with E-state index in [1.165, 1.54) is 17.2 Å². The van der Waals surface area contributed by atoms with E-state index in [1.54, 1.807) is 0 Å². The van der Waals surface area contributed by atoms with Crippen LogP contribution in [0.5, 0.6) is 0 Å². The van der Waals surface area contributed by atoms with Crippen LogP contribution in [0, 0.1) is 5.92 Å². The van der Waals surface area contributed by atoms with Gasteiger partial charge in [-0.3, -0.25) is 9.48 Å². The Morgan fingerprint density at radius 2 is 1.92 bits per heavy atom. The van der Waals surface area contributed by atoms with Crippen LogP contribution in [0.25, 0.3) is 0 Å². The van der Waals surface area contributed by atoms with E-state index in [4.69, 9.17) is 0 Å². The van der Waals surface area contributed by atoms with Gasteiger partial charge in [0.25, 0.3) is 0 Å². The number of nitrogens with zero attached hydrogens (tertiary/aromatic N) is 2. The summed E-state index contributed by atoms with van der Waals surface area (Å²) in [6.07, 6.45) is 3.38.